The first kappa shape index (κ1) is 20.0. The smallest absolute Gasteiger partial charge is 0.253 e. The number of benzene rings is 1. The highest BCUT2D eigenvalue weighted by atomic mass is 32.1. The fourth-order valence-corrected chi connectivity index (χ4v) is 4.77. The molecule has 2 aliphatic rings. The first-order valence-electron chi connectivity index (χ1n) is 10.6. The summed E-state index contributed by atoms with van der Waals surface area (Å²) in [6, 6.07) is 14.2. The lowest BCUT2D eigenvalue weighted by molar-refractivity contribution is 0.0747. The summed E-state index contributed by atoms with van der Waals surface area (Å²) in [5, 5.41) is 10.6. The lowest BCUT2D eigenvalue weighted by atomic mass is 10.1. The van der Waals surface area contributed by atoms with Crippen LogP contribution < -0.4 is 9.80 Å². The molecule has 2 aromatic heterocycles. The molecule has 0 saturated carbocycles. The quantitative estimate of drug-likeness (QED) is 0.628. The molecule has 2 saturated heterocycles. The maximum atomic E-state index is 13.0. The molecule has 5 rings (SSSR count). The van der Waals surface area contributed by atoms with Gasteiger partial charge in [-0.05, 0) is 29.1 Å². The van der Waals surface area contributed by atoms with Crippen molar-refractivity contribution in [3.8, 4) is 10.4 Å². The minimum absolute atomic E-state index is 0.0965. The molecule has 0 radical (unpaired) electrons. The maximum absolute atomic E-state index is 13.0. The highest BCUT2D eigenvalue weighted by molar-refractivity contribution is 7.13. The van der Waals surface area contributed by atoms with Gasteiger partial charge in [0.2, 0.25) is 0 Å². The van der Waals surface area contributed by atoms with Crippen LogP contribution in [0.2, 0.25) is 0 Å². The highest BCUT2D eigenvalue weighted by Crippen LogP contribution is 2.25. The van der Waals surface area contributed by atoms with E-state index in [1.807, 2.05) is 41.4 Å². The van der Waals surface area contributed by atoms with E-state index in [1.165, 1.54) is 4.88 Å². The SMILES string of the molecule is O=C(c1ccc(-c2cccs2)cc1)N1CCN(c2cnnc(N3CCOCC3)c2)CC1. The number of thiophene rings is 1. The Balaban J connectivity index is 1.21. The number of hydrogen-bond acceptors (Lipinski definition) is 7. The molecule has 0 bridgehead atoms. The highest BCUT2D eigenvalue weighted by Gasteiger charge is 2.23. The molecular formula is C23H25N5O2S. The Kier molecular flexibility index (Phi) is 5.82. The van der Waals surface area contributed by atoms with E-state index in [4.69, 9.17) is 4.74 Å². The Bertz CT molecular complexity index is 1010. The molecule has 7 nitrogen and oxygen atoms in total. The zero-order valence-corrected chi connectivity index (χ0v) is 18.1. The van der Waals surface area contributed by atoms with Crippen LogP contribution in [0.3, 0.4) is 0 Å². The molecule has 0 atom stereocenters. The summed E-state index contributed by atoms with van der Waals surface area (Å²) in [5.74, 6) is 0.990. The average molecular weight is 436 g/mol. The van der Waals surface area contributed by atoms with E-state index in [2.05, 4.69) is 37.5 Å². The van der Waals surface area contributed by atoms with Crippen LogP contribution in [0.5, 0.6) is 0 Å². The normalized spacial score (nSPS) is 17.1. The number of aromatic nitrogens is 2. The van der Waals surface area contributed by atoms with Gasteiger partial charge >= 0.3 is 0 Å². The van der Waals surface area contributed by atoms with Crippen LogP contribution >= 0.6 is 11.3 Å². The Hall–Kier alpha value is -2.97. The van der Waals surface area contributed by atoms with Crippen LogP contribution in [0.25, 0.3) is 10.4 Å². The van der Waals surface area contributed by atoms with Gasteiger partial charge in [0.1, 0.15) is 0 Å². The molecule has 2 fully saturated rings. The van der Waals surface area contributed by atoms with E-state index in [1.54, 1.807) is 11.3 Å². The maximum Gasteiger partial charge on any atom is 0.253 e. The second-order valence-corrected chi connectivity index (χ2v) is 8.65. The van der Waals surface area contributed by atoms with Crippen molar-refractivity contribution in [3.63, 3.8) is 0 Å². The fraction of sp³-hybridized carbons (Fsp3) is 0.348. The van der Waals surface area contributed by atoms with Gasteiger partial charge in [0.15, 0.2) is 5.82 Å². The van der Waals surface area contributed by atoms with Crippen molar-refractivity contribution >= 4 is 28.7 Å². The molecule has 31 heavy (non-hydrogen) atoms. The minimum atomic E-state index is 0.0965. The standard InChI is InChI=1S/C23H25N5O2S/c29-23(19-5-3-18(4-6-19)21-2-1-15-31-21)28-9-7-26(8-10-28)20-16-22(25-24-17-20)27-11-13-30-14-12-27/h1-6,15-17H,7-14H2. The van der Waals surface area contributed by atoms with E-state index in [0.717, 1.165) is 62.0 Å². The van der Waals surface area contributed by atoms with Crippen molar-refractivity contribution in [2.75, 3.05) is 62.3 Å². The molecule has 8 heteroatoms. The molecule has 2 aliphatic heterocycles. The Morgan fingerprint density at radius 1 is 0.935 bits per heavy atom. The predicted molar refractivity (Wildman–Crippen MR) is 123 cm³/mol. The first-order chi connectivity index (χ1) is 15.3. The van der Waals surface area contributed by atoms with Crippen LogP contribution in [0.1, 0.15) is 10.4 Å². The molecule has 0 spiro atoms. The largest absolute Gasteiger partial charge is 0.378 e. The van der Waals surface area contributed by atoms with E-state index < -0.39 is 0 Å². The van der Waals surface area contributed by atoms with Gasteiger partial charge in [0, 0.05) is 55.8 Å². The summed E-state index contributed by atoms with van der Waals surface area (Å²) < 4.78 is 5.43. The Labute approximate surface area is 185 Å². The van der Waals surface area contributed by atoms with Gasteiger partial charge in [-0.25, -0.2) is 0 Å². The van der Waals surface area contributed by atoms with Crippen molar-refractivity contribution in [2.45, 2.75) is 0 Å². The number of anilines is 2. The summed E-state index contributed by atoms with van der Waals surface area (Å²) >= 11 is 1.71. The van der Waals surface area contributed by atoms with E-state index in [-0.39, 0.29) is 5.91 Å². The van der Waals surface area contributed by atoms with Crippen LogP contribution in [0.15, 0.2) is 54.0 Å². The molecule has 0 N–H and O–H groups in total. The monoisotopic (exact) mass is 435 g/mol. The van der Waals surface area contributed by atoms with Gasteiger partial charge < -0.3 is 19.4 Å². The number of amides is 1. The number of nitrogens with zero attached hydrogens (tertiary/aromatic N) is 5. The number of rotatable bonds is 4. The molecular weight excluding hydrogens is 410 g/mol. The summed E-state index contributed by atoms with van der Waals surface area (Å²) in [6.07, 6.45) is 1.81. The van der Waals surface area contributed by atoms with Gasteiger partial charge in [-0.15, -0.1) is 16.4 Å². The van der Waals surface area contributed by atoms with Crippen molar-refractivity contribution in [1.29, 1.82) is 0 Å². The third-order valence-corrected chi connectivity index (χ3v) is 6.75. The van der Waals surface area contributed by atoms with Crippen molar-refractivity contribution in [2.24, 2.45) is 0 Å². The van der Waals surface area contributed by atoms with Gasteiger partial charge in [-0.3, -0.25) is 4.79 Å². The number of morpholine rings is 1. The third kappa shape index (κ3) is 4.40. The lowest BCUT2D eigenvalue weighted by Gasteiger charge is -2.36. The van der Waals surface area contributed by atoms with Gasteiger partial charge in [0.25, 0.3) is 5.91 Å². The predicted octanol–water partition coefficient (Wildman–Crippen LogP) is 3.00. The van der Waals surface area contributed by atoms with E-state index in [9.17, 15) is 4.79 Å². The Morgan fingerprint density at radius 2 is 1.71 bits per heavy atom. The van der Waals surface area contributed by atoms with E-state index >= 15 is 0 Å². The van der Waals surface area contributed by atoms with Crippen molar-refractivity contribution in [3.05, 3.63) is 59.6 Å². The van der Waals surface area contributed by atoms with Gasteiger partial charge in [0.05, 0.1) is 25.1 Å². The summed E-state index contributed by atoms with van der Waals surface area (Å²) in [5.41, 5.74) is 2.95. The third-order valence-electron chi connectivity index (χ3n) is 5.83. The zero-order chi connectivity index (χ0) is 21.0. The van der Waals surface area contributed by atoms with Crippen LogP contribution in [-0.2, 0) is 4.74 Å². The second kappa shape index (κ2) is 9.03. The van der Waals surface area contributed by atoms with Crippen molar-refractivity contribution < 1.29 is 9.53 Å². The number of carbonyl (C=O) groups is 1. The summed E-state index contributed by atoms with van der Waals surface area (Å²) in [6.45, 7) is 6.08. The van der Waals surface area contributed by atoms with Gasteiger partial charge in [-0.2, -0.15) is 5.10 Å². The number of ether oxygens (including phenoxy) is 1. The molecule has 0 aliphatic carbocycles. The topological polar surface area (TPSA) is 61.8 Å². The average Bonchev–Trinajstić information content (AvgIpc) is 3.40. The summed E-state index contributed by atoms with van der Waals surface area (Å²) in [7, 11) is 0. The lowest BCUT2D eigenvalue weighted by Crippen LogP contribution is -2.49. The van der Waals surface area contributed by atoms with Crippen LogP contribution in [-0.4, -0.2) is 73.5 Å². The number of carbonyl (C=O) groups excluding carboxylic acids is 1. The number of hydrogen-bond donors (Lipinski definition) is 0. The van der Waals surface area contributed by atoms with Crippen LogP contribution in [0.4, 0.5) is 11.5 Å². The van der Waals surface area contributed by atoms with Crippen LogP contribution in [0, 0.1) is 0 Å². The fourth-order valence-electron chi connectivity index (χ4n) is 4.04. The van der Waals surface area contributed by atoms with Crippen molar-refractivity contribution in [1.82, 2.24) is 15.1 Å². The molecule has 1 aromatic carbocycles. The van der Waals surface area contributed by atoms with Gasteiger partial charge in [-0.1, -0.05) is 18.2 Å². The molecule has 0 unspecified atom stereocenters. The zero-order valence-electron chi connectivity index (χ0n) is 17.3. The summed E-state index contributed by atoms with van der Waals surface area (Å²) in [4.78, 5) is 20.6. The molecule has 4 heterocycles. The molecule has 160 valence electrons. The van der Waals surface area contributed by atoms with E-state index in [0.29, 0.717) is 13.1 Å². The second-order valence-electron chi connectivity index (χ2n) is 7.71. The first-order valence-corrected chi connectivity index (χ1v) is 11.5. The minimum Gasteiger partial charge on any atom is -0.378 e. The molecule has 3 aromatic rings. The molecule has 1 amide bonds. The Morgan fingerprint density at radius 3 is 2.42 bits per heavy atom. The number of piperazine rings is 1.